The first-order valence-corrected chi connectivity index (χ1v) is 4.03. The summed E-state index contributed by atoms with van der Waals surface area (Å²) in [6.07, 6.45) is 2.60. The summed E-state index contributed by atoms with van der Waals surface area (Å²) >= 11 is 0. The lowest BCUT2D eigenvalue weighted by Gasteiger charge is -2.31. The number of carbonyl (C=O) groups is 1. The van der Waals surface area contributed by atoms with Crippen LogP contribution in [0.5, 0.6) is 0 Å². The number of nitrogens with one attached hydrogen (secondary N) is 1. The van der Waals surface area contributed by atoms with E-state index in [9.17, 15) is 4.79 Å². The summed E-state index contributed by atoms with van der Waals surface area (Å²) in [5.74, 6) is 1.85. The van der Waals surface area contributed by atoms with E-state index in [4.69, 9.17) is 0 Å². The Labute approximate surface area is 61.0 Å². The van der Waals surface area contributed by atoms with Gasteiger partial charge in [0.1, 0.15) is 5.78 Å². The van der Waals surface area contributed by atoms with Crippen LogP contribution in [0, 0.1) is 11.8 Å². The van der Waals surface area contributed by atoms with Crippen LogP contribution in [0.25, 0.3) is 0 Å². The minimum atomic E-state index is 0.207. The molecule has 1 aliphatic carbocycles. The molecule has 0 amide bonds. The summed E-state index contributed by atoms with van der Waals surface area (Å²) in [7, 11) is 0. The lowest BCUT2D eigenvalue weighted by Crippen LogP contribution is -2.37. The average molecular weight is 139 g/mol. The molecule has 1 aliphatic heterocycles. The Morgan fingerprint density at radius 2 is 2.30 bits per heavy atom. The molecule has 2 unspecified atom stereocenters. The summed E-state index contributed by atoms with van der Waals surface area (Å²) in [6.45, 7) is 2.77. The van der Waals surface area contributed by atoms with E-state index in [0.717, 1.165) is 12.5 Å². The molecule has 0 radical (unpaired) electrons. The Hall–Kier alpha value is -0.370. The van der Waals surface area contributed by atoms with Crippen LogP contribution >= 0.6 is 0 Å². The minimum absolute atomic E-state index is 0.207. The van der Waals surface area contributed by atoms with E-state index in [0.29, 0.717) is 11.7 Å². The van der Waals surface area contributed by atoms with E-state index in [1.54, 1.807) is 6.92 Å². The quantitative estimate of drug-likeness (QED) is 0.575. The van der Waals surface area contributed by atoms with Crippen LogP contribution in [0.3, 0.4) is 0 Å². The van der Waals surface area contributed by atoms with Gasteiger partial charge in [0.2, 0.25) is 0 Å². The average Bonchev–Trinajstić information content (AvgIpc) is 2.07. The third-order valence-electron chi connectivity index (χ3n) is 2.94. The maximum Gasteiger partial charge on any atom is 0.146 e. The van der Waals surface area contributed by atoms with Gasteiger partial charge in [-0.3, -0.25) is 4.79 Å². The van der Waals surface area contributed by atoms with Crippen molar-refractivity contribution in [3.8, 4) is 0 Å². The van der Waals surface area contributed by atoms with Gasteiger partial charge in [-0.25, -0.2) is 0 Å². The summed E-state index contributed by atoms with van der Waals surface area (Å²) in [4.78, 5) is 11.0. The molecular weight excluding hydrogens is 126 g/mol. The Kier molecular flexibility index (Phi) is 1.31. The highest BCUT2D eigenvalue weighted by atomic mass is 16.1. The van der Waals surface area contributed by atoms with Crippen LogP contribution < -0.4 is 5.32 Å². The molecule has 10 heavy (non-hydrogen) atoms. The molecule has 2 fully saturated rings. The van der Waals surface area contributed by atoms with E-state index < -0.39 is 0 Å². The number of ketones is 1. The van der Waals surface area contributed by atoms with Crippen LogP contribution in [0.1, 0.15) is 19.8 Å². The fraction of sp³-hybridized carbons (Fsp3) is 0.875. The highest BCUT2D eigenvalue weighted by molar-refractivity contribution is 5.82. The van der Waals surface area contributed by atoms with E-state index in [-0.39, 0.29) is 6.04 Å². The molecule has 2 nitrogen and oxygen atoms in total. The monoisotopic (exact) mass is 139 g/mol. The lowest BCUT2D eigenvalue weighted by molar-refractivity contribution is -0.120. The first kappa shape index (κ1) is 6.35. The van der Waals surface area contributed by atoms with Crippen LogP contribution in [0.15, 0.2) is 0 Å². The van der Waals surface area contributed by atoms with Gasteiger partial charge in [-0.05, 0) is 38.1 Å². The maximum atomic E-state index is 11.0. The summed E-state index contributed by atoms with van der Waals surface area (Å²) < 4.78 is 0. The molecule has 0 aromatic rings. The standard InChI is InChI=1S/C8H13NO/c1-5(10)8-7-3-2-6(7)4-9-8/h6-9H,2-4H2,1H3/t6?,7?,8-/m1/s1. The number of rotatable bonds is 1. The second-order valence-electron chi connectivity index (χ2n) is 3.50. The minimum Gasteiger partial charge on any atom is -0.307 e. The first-order chi connectivity index (χ1) is 4.79. The number of hydrogen-bond donors (Lipinski definition) is 1. The van der Waals surface area contributed by atoms with Crippen molar-refractivity contribution < 1.29 is 4.79 Å². The van der Waals surface area contributed by atoms with Crippen molar-refractivity contribution in [3.63, 3.8) is 0 Å². The van der Waals surface area contributed by atoms with Crippen molar-refractivity contribution in [1.82, 2.24) is 5.32 Å². The van der Waals surface area contributed by atoms with Gasteiger partial charge in [-0.2, -0.15) is 0 Å². The van der Waals surface area contributed by atoms with E-state index in [1.807, 2.05) is 0 Å². The number of fused-ring (bicyclic) bond motifs is 1. The molecular formula is C8H13NO. The van der Waals surface area contributed by atoms with Crippen LogP contribution in [0.4, 0.5) is 0 Å². The SMILES string of the molecule is CC(=O)[C@H]1NCC2CCC21. The molecule has 0 bridgehead atoms. The Bertz CT molecular complexity index is 167. The Balaban J connectivity index is 2.05. The van der Waals surface area contributed by atoms with Gasteiger partial charge in [-0.15, -0.1) is 0 Å². The molecule has 1 heterocycles. The fourth-order valence-corrected chi connectivity index (χ4v) is 2.16. The van der Waals surface area contributed by atoms with E-state index in [1.165, 1.54) is 12.8 Å². The maximum absolute atomic E-state index is 11.0. The smallest absolute Gasteiger partial charge is 0.146 e. The first-order valence-electron chi connectivity index (χ1n) is 4.03. The second kappa shape index (κ2) is 2.06. The molecule has 1 saturated heterocycles. The van der Waals surface area contributed by atoms with Crippen LogP contribution in [-0.4, -0.2) is 18.4 Å². The Morgan fingerprint density at radius 3 is 2.60 bits per heavy atom. The zero-order chi connectivity index (χ0) is 7.14. The summed E-state index contributed by atoms with van der Waals surface area (Å²) in [5, 5.41) is 3.27. The second-order valence-corrected chi connectivity index (χ2v) is 3.50. The van der Waals surface area contributed by atoms with Gasteiger partial charge in [0.25, 0.3) is 0 Å². The largest absolute Gasteiger partial charge is 0.307 e. The van der Waals surface area contributed by atoms with Crippen molar-refractivity contribution in [1.29, 1.82) is 0 Å². The highest BCUT2D eigenvalue weighted by Gasteiger charge is 2.43. The number of Topliss-reactive ketones (excluding diaryl/α,β-unsaturated/α-hetero) is 1. The Morgan fingerprint density at radius 1 is 1.50 bits per heavy atom. The normalized spacial score (nSPS) is 44.3. The van der Waals surface area contributed by atoms with E-state index >= 15 is 0 Å². The van der Waals surface area contributed by atoms with Crippen molar-refractivity contribution >= 4 is 5.78 Å². The van der Waals surface area contributed by atoms with Gasteiger partial charge >= 0.3 is 0 Å². The fourth-order valence-electron chi connectivity index (χ4n) is 2.16. The van der Waals surface area contributed by atoms with Crippen LogP contribution in [-0.2, 0) is 4.79 Å². The third kappa shape index (κ3) is 0.717. The van der Waals surface area contributed by atoms with Crippen molar-refractivity contribution in [2.45, 2.75) is 25.8 Å². The zero-order valence-electron chi connectivity index (χ0n) is 6.26. The topological polar surface area (TPSA) is 29.1 Å². The van der Waals surface area contributed by atoms with Gasteiger partial charge in [0.05, 0.1) is 6.04 Å². The number of hydrogen-bond acceptors (Lipinski definition) is 2. The van der Waals surface area contributed by atoms with Gasteiger partial charge in [0.15, 0.2) is 0 Å². The molecule has 1 N–H and O–H groups in total. The van der Waals surface area contributed by atoms with Gasteiger partial charge in [0, 0.05) is 0 Å². The van der Waals surface area contributed by atoms with Crippen molar-refractivity contribution in [2.24, 2.45) is 11.8 Å². The lowest BCUT2D eigenvalue weighted by atomic mass is 9.72. The number of carbonyl (C=O) groups excluding carboxylic acids is 1. The molecule has 56 valence electrons. The predicted octanol–water partition coefficient (Wildman–Crippen LogP) is 0.573. The highest BCUT2D eigenvalue weighted by Crippen LogP contribution is 2.40. The zero-order valence-corrected chi connectivity index (χ0v) is 6.26. The molecule has 3 atom stereocenters. The predicted molar refractivity (Wildman–Crippen MR) is 38.7 cm³/mol. The molecule has 0 spiro atoms. The third-order valence-corrected chi connectivity index (χ3v) is 2.94. The molecule has 2 aliphatic rings. The van der Waals surface area contributed by atoms with Crippen molar-refractivity contribution in [2.75, 3.05) is 6.54 Å². The van der Waals surface area contributed by atoms with Crippen LogP contribution in [0.2, 0.25) is 0 Å². The molecule has 1 saturated carbocycles. The van der Waals surface area contributed by atoms with E-state index in [2.05, 4.69) is 5.32 Å². The summed E-state index contributed by atoms with van der Waals surface area (Å²) in [6, 6.07) is 0.207. The molecule has 0 aromatic heterocycles. The molecule has 2 rings (SSSR count). The van der Waals surface area contributed by atoms with Crippen molar-refractivity contribution in [3.05, 3.63) is 0 Å². The summed E-state index contributed by atoms with van der Waals surface area (Å²) in [5.41, 5.74) is 0. The molecule has 2 heteroatoms. The molecule has 0 aromatic carbocycles. The van der Waals surface area contributed by atoms with Gasteiger partial charge in [-0.1, -0.05) is 0 Å². The van der Waals surface area contributed by atoms with Gasteiger partial charge < -0.3 is 5.32 Å².